The van der Waals surface area contributed by atoms with Crippen molar-refractivity contribution in [2.45, 2.75) is 50.6 Å². The molecule has 0 aliphatic heterocycles. The number of nitrogens with two attached hydrogens (primary N) is 2. The van der Waals surface area contributed by atoms with E-state index in [1.807, 2.05) is 0 Å². The minimum absolute atomic E-state index is 0.0671. The molecule has 1 aliphatic rings. The second-order valence-electron chi connectivity index (χ2n) is 3.57. The molecule has 1 saturated carbocycles. The first kappa shape index (κ1) is 8.02. The van der Waals surface area contributed by atoms with Crippen LogP contribution in [0.3, 0.4) is 0 Å². The summed E-state index contributed by atoms with van der Waals surface area (Å²) in [5.41, 5.74) is 11.9. The highest BCUT2D eigenvalue weighted by molar-refractivity contribution is 4.90. The molecule has 0 spiro atoms. The van der Waals surface area contributed by atoms with E-state index in [0.29, 0.717) is 6.04 Å². The van der Waals surface area contributed by atoms with Crippen molar-refractivity contribution in [3.05, 3.63) is 0 Å². The van der Waals surface area contributed by atoms with Crippen LogP contribution in [0.25, 0.3) is 0 Å². The van der Waals surface area contributed by atoms with Gasteiger partial charge in [0.15, 0.2) is 0 Å². The predicted molar refractivity (Wildman–Crippen MR) is 43.7 cm³/mol. The number of rotatable bonds is 1. The van der Waals surface area contributed by atoms with Crippen LogP contribution in [0.15, 0.2) is 0 Å². The summed E-state index contributed by atoms with van der Waals surface area (Å²) in [5, 5.41) is 0. The summed E-state index contributed by atoms with van der Waals surface area (Å²) in [6, 6.07) is 0.360. The Morgan fingerprint density at radius 2 is 2.30 bits per heavy atom. The SMILES string of the molecule is CCC1(N)CCCC(N)C1. The lowest BCUT2D eigenvalue weighted by Crippen LogP contribution is -2.47. The Hall–Kier alpha value is -0.0800. The van der Waals surface area contributed by atoms with Crippen molar-refractivity contribution < 1.29 is 0 Å². The van der Waals surface area contributed by atoms with E-state index in [1.54, 1.807) is 0 Å². The first-order valence-corrected chi connectivity index (χ1v) is 4.21. The zero-order valence-electron chi connectivity index (χ0n) is 6.77. The van der Waals surface area contributed by atoms with E-state index in [4.69, 9.17) is 11.5 Å². The van der Waals surface area contributed by atoms with Gasteiger partial charge in [-0.25, -0.2) is 0 Å². The maximum Gasteiger partial charge on any atom is 0.0166 e. The molecule has 60 valence electrons. The van der Waals surface area contributed by atoms with Crippen LogP contribution < -0.4 is 11.5 Å². The van der Waals surface area contributed by atoms with Crippen LogP contribution in [0, 0.1) is 0 Å². The van der Waals surface area contributed by atoms with E-state index in [0.717, 1.165) is 19.3 Å². The van der Waals surface area contributed by atoms with Gasteiger partial charge in [0.2, 0.25) is 0 Å². The Bertz CT molecular complexity index is 114. The minimum Gasteiger partial charge on any atom is -0.328 e. The maximum absolute atomic E-state index is 6.07. The van der Waals surface area contributed by atoms with Crippen molar-refractivity contribution in [2.24, 2.45) is 11.5 Å². The second kappa shape index (κ2) is 2.89. The lowest BCUT2D eigenvalue weighted by molar-refractivity contribution is 0.261. The summed E-state index contributed by atoms with van der Waals surface area (Å²) in [4.78, 5) is 0. The third kappa shape index (κ3) is 1.70. The van der Waals surface area contributed by atoms with Gasteiger partial charge in [0.1, 0.15) is 0 Å². The zero-order valence-corrected chi connectivity index (χ0v) is 6.77. The summed E-state index contributed by atoms with van der Waals surface area (Å²) in [6.45, 7) is 2.15. The molecule has 10 heavy (non-hydrogen) atoms. The van der Waals surface area contributed by atoms with E-state index in [1.165, 1.54) is 12.8 Å². The van der Waals surface area contributed by atoms with E-state index >= 15 is 0 Å². The molecule has 2 nitrogen and oxygen atoms in total. The van der Waals surface area contributed by atoms with Crippen LogP contribution in [0.5, 0.6) is 0 Å². The summed E-state index contributed by atoms with van der Waals surface area (Å²) in [6.07, 6.45) is 5.63. The van der Waals surface area contributed by atoms with Gasteiger partial charge in [-0.3, -0.25) is 0 Å². The molecule has 2 atom stereocenters. The average molecular weight is 142 g/mol. The van der Waals surface area contributed by atoms with Crippen LogP contribution in [0.4, 0.5) is 0 Å². The van der Waals surface area contributed by atoms with Crippen molar-refractivity contribution >= 4 is 0 Å². The first-order chi connectivity index (χ1) is 4.66. The Balaban J connectivity index is 2.45. The lowest BCUT2D eigenvalue weighted by atomic mass is 9.78. The maximum atomic E-state index is 6.07. The van der Waals surface area contributed by atoms with Crippen LogP contribution in [0.2, 0.25) is 0 Å². The Morgan fingerprint density at radius 3 is 2.70 bits per heavy atom. The average Bonchev–Trinajstić information content (AvgIpc) is 1.88. The number of hydrogen-bond acceptors (Lipinski definition) is 2. The molecule has 0 aromatic rings. The molecular formula is C8H18N2. The highest BCUT2D eigenvalue weighted by Crippen LogP contribution is 2.27. The zero-order chi connectivity index (χ0) is 7.61. The van der Waals surface area contributed by atoms with Gasteiger partial charge in [0.05, 0.1) is 0 Å². The van der Waals surface area contributed by atoms with Crippen LogP contribution in [0.1, 0.15) is 39.0 Å². The molecule has 0 heterocycles. The molecule has 0 aromatic carbocycles. The molecule has 1 fully saturated rings. The van der Waals surface area contributed by atoms with Crippen molar-refractivity contribution in [2.75, 3.05) is 0 Å². The Morgan fingerprint density at radius 1 is 1.60 bits per heavy atom. The summed E-state index contributed by atoms with van der Waals surface area (Å²) in [5.74, 6) is 0. The molecule has 1 rings (SSSR count). The third-order valence-corrected chi connectivity index (χ3v) is 2.62. The smallest absolute Gasteiger partial charge is 0.0166 e. The monoisotopic (exact) mass is 142 g/mol. The topological polar surface area (TPSA) is 52.0 Å². The van der Waals surface area contributed by atoms with Crippen LogP contribution in [-0.2, 0) is 0 Å². The molecular weight excluding hydrogens is 124 g/mol. The fourth-order valence-electron chi connectivity index (χ4n) is 1.76. The molecule has 4 N–H and O–H groups in total. The molecule has 2 heteroatoms. The van der Waals surface area contributed by atoms with Gasteiger partial charge in [-0.2, -0.15) is 0 Å². The minimum atomic E-state index is 0.0671. The molecule has 0 saturated heterocycles. The molecule has 0 radical (unpaired) electrons. The van der Waals surface area contributed by atoms with Gasteiger partial charge < -0.3 is 11.5 Å². The Kier molecular flexibility index (Phi) is 2.32. The van der Waals surface area contributed by atoms with Gasteiger partial charge in [-0.1, -0.05) is 13.3 Å². The van der Waals surface area contributed by atoms with Crippen molar-refractivity contribution in [1.82, 2.24) is 0 Å². The molecule has 0 amide bonds. The van der Waals surface area contributed by atoms with Crippen molar-refractivity contribution in [3.63, 3.8) is 0 Å². The lowest BCUT2D eigenvalue weighted by Gasteiger charge is -2.35. The summed E-state index contributed by atoms with van der Waals surface area (Å²) in [7, 11) is 0. The summed E-state index contributed by atoms with van der Waals surface area (Å²) < 4.78 is 0. The molecule has 1 aliphatic carbocycles. The second-order valence-corrected chi connectivity index (χ2v) is 3.57. The fourth-order valence-corrected chi connectivity index (χ4v) is 1.76. The third-order valence-electron chi connectivity index (χ3n) is 2.62. The Labute approximate surface area is 63.0 Å². The van der Waals surface area contributed by atoms with Gasteiger partial charge in [0.25, 0.3) is 0 Å². The normalized spacial score (nSPS) is 41.7. The van der Waals surface area contributed by atoms with E-state index in [2.05, 4.69) is 6.92 Å². The molecule has 0 aromatic heterocycles. The van der Waals surface area contributed by atoms with Crippen molar-refractivity contribution in [1.29, 1.82) is 0 Å². The van der Waals surface area contributed by atoms with Gasteiger partial charge in [0, 0.05) is 11.6 Å². The van der Waals surface area contributed by atoms with E-state index in [9.17, 15) is 0 Å². The van der Waals surface area contributed by atoms with E-state index in [-0.39, 0.29) is 5.54 Å². The van der Waals surface area contributed by atoms with E-state index < -0.39 is 0 Å². The molecule has 0 bridgehead atoms. The quantitative estimate of drug-likeness (QED) is 0.573. The molecule has 2 unspecified atom stereocenters. The largest absolute Gasteiger partial charge is 0.328 e. The highest BCUT2D eigenvalue weighted by Gasteiger charge is 2.28. The van der Waals surface area contributed by atoms with Crippen molar-refractivity contribution in [3.8, 4) is 0 Å². The van der Waals surface area contributed by atoms with Gasteiger partial charge in [-0.15, -0.1) is 0 Å². The van der Waals surface area contributed by atoms with Crippen LogP contribution in [-0.4, -0.2) is 11.6 Å². The fraction of sp³-hybridized carbons (Fsp3) is 1.00. The first-order valence-electron chi connectivity index (χ1n) is 4.21. The van der Waals surface area contributed by atoms with Gasteiger partial charge >= 0.3 is 0 Å². The summed E-state index contributed by atoms with van der Waals surface area (Å²) >= 11 is 0. The standard InChI is InChI=1S/C8H18N2/c1-2-8(10)5-3-4-7(9)6-8/h7H,2-6,9-10H2,1H3. The van der Waals surface area contributed by atoms with Gasteiger partial charge in [-0.05, 0) is 25.7 Å². The number of hydrogen-bond donors (Lipinski definition) is 2. The van der Waals surface area contributed by atoms with Crippen LogP contribution >= 0.6 is 0 Å². The predicted octanol–water partition coefficient (Wildman–Crippen LogP) is 0.995. The highest BCUT2D eigenvalue weighted by atomic mass is 14.8.